The summed E-state index contributed by atoms with van der Waals surface area (Å²) < 4.78 is 7.55. The molecule has 23 heavy (non-hydrogen) atoms. The number of carbonyl (C=O) groups excluding carboxylic acids is 1. The number of aromatic nitrogens is 1. The molecule has 0 aliphatic rings. The Morgan fingerprint density at radius 1 is 1.26 bits per heavy atom. The first kappa shape index (κ1) is 16.0. The smallest absolute Gasteiger partial charge is 0.257 e. The number of nitrogens with zero attached hydrogens (tertiary/aromatic N) is 1. The van der Waals surface area contributed by atoms with Gasteiger partial charge in [-0.15, -0.1) is 0 Å². The Labute approximate surface area is 146 Å². The predicted octanol–water partition coefficient (Wildman–Crippen LogP) is 5.10. The van der Waals surface area contributed by atoms with E-state index in [0.717, 1.165) is 26.9 Å². The Hall–Kier alpha value is -1.92. The number of fused-ring (bicyclic) bond motifs is 1. The first-order valence-corrected chi connectivity index (χ1v) is 8.87. The lowest BCUT2D eigenvalue weighted by molar-refractivity contribution is 0.102. The van der Waals surface area contributed by atoms with Crippen LogP contribution in [0.2, 0.25) is 0 Å². The number of hydrogen-bond donors (Lipinski definition) is 1. The number of carbonyl (C=O) groups is 1. The van der Waals surface area contributed by atoms with Gasteiger partial charge in [0, 0.05) is 10.0 Å². The summed E-state index contributed by atoms with van der Waals surface area (Å²) >= 11 is 4.79. The SMILES string of the molecule is CCCOc1ccc2nc(NC(=O)c3ccc(Br)cc3)sc2c1. The average Bonchev–Trinajstić information content (AvgIpc) is 2.94. The minimum Gasteiger partial charge on any atom is -0.494 e. The fourth-order valence-corrected chi connectivity index (χ4v) is 3.19. The van der Waals surface area contributed by atoms with E-state index in [1.807, 2.05) is 30.3 Å². The highest BCUT2D eigenvalue weighted by Gasteiger charge is 2.10. The molecule has 2 aromatic carbocycles. The third-order valence-electron chi connectivity index (χ3n) is 3.16. The maximum absolute atomic E-state index is 12.2. The molecule has 0 saturated heterocycles. The fraction of sp³-hybridized carbons (Fsp3) is 0.176. The molecule has 0 saturated carbocycles. The zero-order valence-electron chi connectivity index (χ0n) is 12.5. The highest BCUT2D eigenvalue weighted by atomic mass is 79.9. The second kappa shape index (κ2) is 7.10. The van der Waals surface area contributed by atoms with Gasteiger partial charge in [-0.2, -0.15) is 0 Å². The molecule has 0 aliphatic carbocycles. The van der Waals surface area contributed by atoms with E-state index in [1.54, 1.807) is 12.1 Å². The van der Waals surface area contributed by atoms with Crippen molar-refractivity contribution in [2.75, 3.05) is 11.9 Å². The molecule has 1 aromatic heterocycles. The van der Waals surface area contributed by atoms with Gasteiger partial charge < -0.3 is 4.74 Å². The second-order valence-electron chi connectivity index (χ2n) is 4.96. The maximum atomic E-state index is 12.2. The minimum atomic E-state index is -0.168. The van der Waals surface area contributed by atoms with Crippen LogP contribution in [0.25, 0.3) is 10.2 Å². The Bertz CT molecular complexity index is 830. The summed E-state index contributed by atoms with van der Waals surface area (Å²) in [5, 5.41) is 3.43. The Morgan fingerprint density at radius 3 is 2.78 bits per heavy atom. The summed E-state index contributed by atoms with van der Waals surface area (Å²) in [6.45, 7) is 2.76. The molecule has 0 unspecified atom stereocenters. The number of halogens is 1. The third-order valence-corrected chi connectivity index (χ3v) is 4.62. The molecule has 3 rings (SSSR count). The molecule has 6 heteroatoms. The third kappa shape index (κ3) is 3.89. The van der Waals surface area contributed by atoms with Gasteiger partial charge in [-0.05, 0) is 48.9 Å². The molecular formula is C17H15BrN2O2S. The van der Waals surface area contributed by atoms with Crippen molar-refractivity contribution < 1.29 is 9.53 Å². The zero-order valence-corrected chi connectivity index (χ0v) is 14.9. The van der Waals surface area contributed by atoms with Crippen LogP contribution in [0, 0.1) is 0 Å². The van der Waals surface area contributed by atoms with E-state index in [1.165, 1.54) is 11.3 Å². The number of rotatable bonds is 5. The Kier molecular flexibility index (Phi) is 4.93. The monoisotopic (exact) mass is 390 g/mol. The molecule has 0 spiro atoms. The van der Waals surface area contributed by atoms with Gasteiger partial charge in [0.05, 0.1) is 16.8 Å². The van der Waals surface area contributed by atoms with E-state index < -0.39 is 0 Å². The number of anilines is 1. The van der Waals surface area contributed by atoms with Crippen LogP contribution >= 0.6 is 27.3 Å². The van der Waals surface area contributed by atoms with Gasteiger partial charge in [0.25, 0.3) is 5.91 Å². The minimum absolute atomic E-state index is 0.168. The molecule has 3 aromatic rings. The fourth-order valence-electron chi connectivity index (χ4n) is 2.04. The van der Waals surface area contributed by atoms with Crippen molar-refractivity contribution in [3.8, 4) is 5.75 Å². The lowest BCUT2D eigenvalue weighted by atomic mass is 10.2. The molecule has 0 fully saturated rings. The van der Waals surface area contributed by atoms with Crippen molar-refractivity contribution >= 4 is 48.5 Å². The van der Waals surface area contributed by atoms with Crippen molar-refractivity contribution in [2.24, 2.45) is 0 Å². The number of nitrogens with one attached hydrogen (secondary N) is 1. The average molecular weight is 391 g/mol. The summed E-state index contributed by atoms with van der Waals surface area (Å²) in [5.74, 6) is 0.660. The maximum Gasteiger partial charge on any atom is 0.257 e. The van der Waals surface area contributed by atoms with E-state index in [2.05, 4.69) is 33.2 Å². The van der Waals surface area contributed by atoms with E-state index in [4.69, 9.17) is 4.74 Å². The first-order chi connectivity index (χ1) is 11.2. The quantitative estimate of drug-likeness (QED) is 0.658. The number of thiazole rings is 1. The lowest BCUT2D eigenvalue weighted by Crippen LogP contribution is -2.11. The zero-order chi connectivity index (χ0) is 16.2. The van der Waals surface area contributed by atoms with Gasteiger partial charge in [-0.1, -0.05) is 34.2 Å². The van der Waals surface area contributed by atoms with E-state index in [-0.39, 0.29) is 5.91 Å². The van der Waals surface area contributed by atoms with Crippen molar-refractivity contribution in [1.82, 2.24) is 4.98 Å². The highest BCUT2D eigenvalue weighted by Crippen LogP contribution is 2.29. The molecule has 1 N–H and O–H groups in total. The van der Waals surface area contributed by atoms with Gasteiger partial charge in [0.15, 0.2) is 5.13 Å². The van der Waals surface area contributed by atoms with Crippen LogP contribution in [0.15, 0.2) is 46.9 Å². The topological polar surface area (TPSA) is 51.2 Å². The molecule has 0 bridgehead atoms. The van der Waals surface area contributed by atoms with Gasteiger partial charge in [-0.25, -0.2) is 4.98 Å². The molecular weight excluding hydrogens is 376 g/mol. The predicted molar refractivity (Wildman–Crippen MR) is 97.5 cm³/mol. The summed E-state index contributed by atoms with van der Waals surface area (Å²) in [6, 6.07) is 13.0. The van der Waals surface area contributed by atoms with Crippen LogP contribution in [0.5, 0.6) is 5.75 Å². The van der Waals surface area contributed by atoms with E-state index >= 15 is 0 Å². The van der Waals surface area contributed by atoms with Gasteiger partial charge in [0.2, 0.25) is 0 Å². The van der Waals surface area contributed by atoms with Crippen molar-refractivity contribution in [3.05, 3.63) is 52.5 Å². The van der Waals surface area contributed by atoms with Crippen LogP contribution in [-0.4, -0.2) is 17.5 Å². The normalized spacial score (nSPS) is 10.7. The van der Waals surface area contributed by atoms with Gasteiger partial charge in [0.1, 0.15) is 5.75 Å². The first-order valence-electron chi connectivity index (χ1n) is 7.26. The van der Waals surface area contributed by atoms with E-state index in [0.29, 0.717) is 17.3 Å². The van der Waals surface area contributed by atoms with Crippen LogP contribution in [0.1, 0.15) is 23.7 Å². The highest BCUT2D eigenvalue weighted by molar-refractivity contribution is 9.10. The number of ether oxygens (including phenoxy) is 1. The Morgan fingerprint density at radius 2 is 2.04 bits per heavy atom. The molecule has 4 nitrogen and oxygen atoms in total. The molecule has 0 atom stereocenters. The van der Waals surface area contributed by atoms with Gasteiger partial charge in [-0.3, -0.25) is 10.1 Å². The van der Waals surface area contributed by atoms with Crippen molar-refractivity contribution in [3.63, 3.8) is 0 Å². The summed E-state index contributed by atoms with van der Waals surface area (Å²) in [4.78, 5) is 16.7. The van der Waals surface area contributed by atoms with Crippen LogP contribution in [0.4, 0.5) is 5.13 Å². The molecule has 118 valence electrons. The van der Waals surface area contributed by atoms with Crippen LogP contribution < -0.4 is 10.1 Å². The number of hydrogen-bond acceptors (Lipinski definition) is 4. The van der Waals surface area contributed by atoms with E-state index in [9.17, 15) is 4.79 Å². The van der Waals surface area contributed by atoms with Crippen LogP contribution in [-0.2, 0) is 0 Å². The van der Waals surface area contributed by atoms with Crippen LogP contribution in [0.3, 0.4) is 0 Å². The van der Waals surface area contributed by atoms with Crippen molar-refractivity contribution in [2.45, 2.75) is 13.3 Å². The summed E-state index contributed by atoms with van der Waals surface area (Å²) in [7, 11) is 0. The molecule has 1 amide bonds. The molecule has 0 aliphatic heterocycles. The molecule has 0 radical (unpaired) electrons. The molecule has 1 heterocycles. The standard InChI is InChI=1S/C17H15BrN2O2S/c1-2-9-22-13-7-8-14-15(10-13)23-17(19-14)20-16(21)11-3-5-12(18)6-4-11/h3-8,10H,2,9H2,1H3,(H,19,20,21). The van der Waals surface area contributed by atoms with Crippen molar-refractivity contribution in [1.29, 1.82) is 0 Å². The second-order valence-corrected chi connectivity index (χ2v) is 6.90. The summed E-state index contributed by atoms with van der Waals surface area (Å²) in [6.07, 6.45) is 0.967. The summed E-state index contributed by atoms with van der Waals surface area (Å²) in [5.41, 5.74) is 1.45. The lowest BCUT2D eigenvalue weighted by Gasteiger charge is -2.02. The largest absolute Gasteiger partial charge is 0.494 e. The Balaban J connectivity index is 1.77. The number of amides is 1. The van der Waals surface area contributed by atoms with Gasteiger partial charge >= 0.3 is 0 Å². The number of benzene rings is 2.